The molecule has 1 unspecified atom stereocenters. The van der Waals surface area contributed by atoms with E-state index in [2.05, 4.69) is 7.85 Å². The Labute approximate surface area is 163 Å². The molecule has 4 nitrogen and oxygen atoms in total. The molecule has 26 heavy (non-hydrogen) atoms. The average molecular weight is 383 g/mol. The van der Waals surface area contributed by atoms with Crippen LogP contribution in [0.5, 0.6) is 0 Å². The number of amides is 1. The molecule has 0 N–H and O–H groups in total. The lowest BCUT2D eigenvalue weighted by atomic mass is 9.95. The van der Waals surface area contributed by atoms with Crippen LogP contribution >= 0.6 is 24.0 Å². The van der Waals surface area contributed by atoms with Crippen molar-refractivity contribution in [3.8, 4) is 11.3 Å². The fourth-order valence-corrected chi connectivity index (χ4v) is 4.34. The summed E-state index contributed by atoms with van der Waals surface area (Å²) in [6, 6.07) is 11.9. The van der Waals surface area contributed by atoms with E-state index in [-0.39, 0.29) is 12.0 Å². The summed E-state index contributed by atoms with van der Waals surface area (Å²) in [6.07, 6.45) is 3.89. The maximum atomic E-state index is 12.7. The van der Waals surface area contributed by atoms with Crippen molar-refractivity contribution in [1.82, 2.24) is 4.90 Å². The number of thiocarbonyl (C=S) groups is 1. The minimum atomic E-state index is -0.0659. The van der Waals surface area contributed by atoms with Crippen LogP contribution in [-0.4, -0.2) is 42.2 Å². The number of thioether (sulfide) groups is 1. The normalized spacial score (nSPS) is 21.9. The van der Waals surface area contributed by atoms with Gasteiger partial charge in [-0.15, -0.1) is 0 Å². The molecule has 0 saturated carbocycles. The van der Waals surface area contributed by atoms with Crippen molar-refractivity contribution in [2.24, 2.45) is 0 Å². The third-order valence-corrected chi connectivity index (χ3v) is 5.90. The molecule has 3 heterocycles. The number of nitrogens with zero attached hydrogens (tertiary/aromatic N) is 1. The fraction of sp³-hybridized carbons (Fsp3) is 0.263. The van der Waals surface area contributed by atoms with Crippen LogP contribution in [0.2, 0.25) is 0 Å². The molecule has 1 aromatic carbocycles. The van der Waals surface area contributed by atoms with Crippen LogP contribution in [0.1, 0.15) is 18.6 Å². The first-order valence-electron chi connectivity index (χ1n) is 8.64. The summed E-state index contributed by atoms with van der Waals surface area (Å²) in [5.74, 6) is 1.37. The minimum Gasteiger partial charge on any atom is -0.457 e. The number of carbonyl (C=O) groups excluding carboxylic acids is 1. The largest absolute Gasteiger partial charge is 0.457 e. The lowest BCUT2D eigenvalue weighted by Gasteiger charge is -2.18. The van der Waals surface area contributed by atoms with Gasteiger partial charge in [0.25, 0.3) is 5.91 Å². The summed E-state index contributed by atoms with van der Waals surface area (Å²) < 4.78 is 12.1. The molecule has 4 rings (SSSR count). The first kappa shape index (κ1) is 17.6. The molecule has 1 amide bonds. The summed E-state index contributed by atoms with van der Waals surface area (Å²) in [7, 11) is 2.05. The number of ether oxygens (including phenoxy) is 1. The molecule has 132 valence electrons. The van der Waals surface area contributed by atoms with Gasteiger partial charge in [-0.1, -0.05) is 53.7 Å². The van der Waals surface area contributed by atoms with Gasteiger partial charge in [-0.25, -0.2) is 0 Å². The molecule has 2 saturated heterocycles. The van der Waals surface area contributed by atoms with Crippen molar-refractivity contribution in [1.29, 1.82) is 0 Å². The molecule has 2 fully saturated rings. The van der Waals surface area contributed by atoms with Crippen LogP contribution in [0.15, 0.2) is 45.7 Å². The number of rotatable bonds is 4. The van der Waals surface area contributed by atoms with Crippen molar-refractivity contribution in [2.75, 3.05) is 13.2 Å². The maximum absolute atomic E-state index is 12.7. The Morgan fingerprint density at radius 1 is 1.27 bits per heavy atom. The molecule has 1 atom stereocenters. The second-order valence-electron chi connectivity index (χ2n) is 6.50. The molecular formula is C19H18BNO3S2. The van der Waals surface area contributed by atoms with E-state index in [4.69, 9.17) is 21.4 Å². The highest BCUT2D eigenvalue weighted by Crippen LogP contribution is 2.34. The van der Waals surface area contributed by atoms with Crippen LogP contribution in [0, 0.1) is 0 Å². The van der Waals surface area contributed by atoms with Crippen LogP contribution in [0.4, 0.5) is 0 Å². The Morgan fingerprint density at radius 2 is 2.08 bits per heavy atom. The number of hydrogen-bond acceptors (Lipinski definition) is 5. The molecule has 7 heteroatoms. The van der Waals surface area contributed by atoms with Crippen LogP contribution in [0.25, 0.3) is 17.4 Å². The Bertz CT molecular complexity index is 869. The molecule has 0 radical (unpaired) electrons. The number of furan rings is 1. The topological polar surface area (TPSA) is 42.7 Å². The predicted octanol–water partition coefficient (Wildman–Crippen LogP) is 2.59. The molecule has 2 aliphatic heterocycles. The van der Waals surface area contributed by atoms with E-state index in [0.29, 0.717) is 21.5 Å². The Balaban J connectivity index is 1.50. The zero-order valence-corrected chi connectivity index (χ0v) is 16.1. The van der Waals surface area contributed by atoms with Gasteiger partial charge in [-0.3, -0.25) is 9.69 Å². The van der Waals surface area contributed by atoms with Gasteiger partial charge in [0, 0.05) is 18.2 Å². The fourth-order valence-electron chi connectivity index (χ4n) is 3.08. The van der Waals surface area contributed by atoms with Gasteiger partial charge in [0.15, 0.2) is 0 Å². The van der Waals surface area contributed by atoms with Crippen LogP contribution < -0.4 is 5.46 Å². The van der Waals surface area contributed by atoms with Crippen LogP contribution in [-0.2, 0) is 9.53 Å². The van der Waals surface area contributed by atoms with Gasteiger partial charge in [-0.05, 0) is 25.0 Å². The molecule has 0 bridgehead atoms. The zero-order chi connectivity index (χ0) is 18.1. The zero-order valence-electron chi connectivity index (χ0n) is 14.4. The van der Waals surface area contributed by atoms with E-state index >= 15 is 0 Å². The SMILES string of the molecule is Bc1ccc(-c2ccc(/C=C3/SC(=S)N(CC4CCCO4)C3=O)o2)cc1. The third kappa shape index (κ3) is 3.65. The monoisotopic (exact) mass is 383 g/mol. The van der Waals surface area contributed by atoms with E-state index in [0.717, 1.165) is 30.8 Å². The Morgan fingerprint density at radius 3 is 2.81 bits per heavy atom. The molecule has 1 aromatic heterocycles. The molecule has 2 aliphatic rings. The van der Waals surface area contributed by atoms with Crippen molar-refractivity contribution in [3.63, 3.8) is 0 Å². The number of benzene rings is 1. The van der Waals surface area contributed by atoms with E-state index in [1.54, 1.807) is 11.0 Å². The van der Waals surface area contributed by atoms with Crippen molar-refractivity contribution in [3.05, 3.63) is 47.1 Å². The second kappa shape index (κ2) is 7.43. The van der Waals surface area contributed by atoms with E-state index in [1.165, 1.54) is 17.2 Å². The quantitative estimate of drug-likeness (QED) is 0.461. The Hall–Kier alpha value is -1.83. The van der Waals surface area contributed by atoms with E-state index in [1.807, 2.05) is 36.4 Å². The molecular weight excluding hydrogens is 365 g/mol. The maximum Gasteiger partial charge on any atom is 0.266 e. The highest BCUT2D eigenvalue weighted by Gasteiger charge is 2.34. The van der Waals surface area contributed by atoms with E-state index < -0.39 is 0 Å². The van der Waals surface area contributed by atoms with Crippen molar-refractivity contribution < 1.29 is 13.9 Å². The summed E-state index contributed by atoms with van der Waals surface area (Å²) >= 11 is 6.70. The first-order chi connectivity index (χ1) is 12.6. The summed E-state index contributed by atoms with van der Waals surface area (Å²) in [6.45, 7) is 1.30. The standard InChI is InChI=1S/C19H18BNO3S2/c20-13-5-3-12(4-6-13)16-8-7-14(24-16)10-17-18(22)21(19(25)26-17)11-15-2-1-9-23-15/h3-8,10,15H,1-2,9,11,20H2/b17-10+. The third-order valence-electron chi connectivity index (χ3n) is 4.52. The van der Waals surface area contributed by atoms with Gasteiger partial charge in [0.05, 0.1) is 17.6 Å². The highest BCUT2D eigenvalue weighted by atomic mass is 32.2. The molecule has 0 aliphatic carbocycles. The second-order valence-corrected chi connectivity index (χ2v) is 8.17. The van der Waals surface area contributed by atoms with Crippen LogP contribution in [0.3, 0.4) is 0 Å². The van der Waals surface area contributed by atoms with Gasteiger partial charge in [-0.2, -0.15) is 0 Å². The lowest BCUT2D eigenvalue weighted by Crippen LogP contribution is -2.35. The molecule has 0 spiro atoms. The lowest BCUT2D eigenvalue weighted by molar-refractivity contribution is -0.123. The minimum absolute atomic E-state index is 0.0659. The van der Waals surface area contributed by atoms with E-state index in [9.17, 15) is 4.79 Å². The smallest absolute Gasteiger partial charge is 0.266 e. The average Bonchev–Trinajstić information content (AvgIpc) is 3.35. The number of hydrogen-bond donors (Lipinski definition) is 0. The Kier molecular flexibility index (Phi) is 5.02. The van der Waals surface area contributed by atoms with Gasteiger partial charge in [0.1, 0.15) is 23.7 Å². The van der Waals surface area contributed by atoms with Gasteiger partial charge < -0.3 is 9.15 Å². The predicted molar refractivity (Wildman–Crippen MR) is 111 cm³/mol. The van der Waals surface area contributed by atoms with Gasteiger partial charge >= 0.3 is 0 Å². The highest BCUT2D eigenvalue weighted by molar-refractivity contribution is 8.26. The van der Waals surface area contributed by atoms with Crippen molar-refractivity contribution in [2.45, 2.75) is 18.9 Å². The van der Waals surface area contributed by atoms with Crippen molar-refractivity contribution >= 4 is 53.6 Å². The summed E-state index contributed by atoms with van der Waals surface area (Å²) in [5, 5.41) is 0. The number of carbonyl (C=O) groups is 1. The first-order valence-corrected chi connectivity index (χ1v) is 9.86. The summed E-state index contributed by atoms with van der Waals surface area (Å²) in [4.78, 5) is 14.9. The summed E-state index contributed by atoms with van der Waals surface area (Å²) in [5.41, 5.74) is 2.22. The van der Waals surface area contributed by atoms with Gasteiger partial charge in [0.2, 0.25) is 0 Å². The molecule has 2 aromatic rings.